The van der Waals surface area contributed by atoms with Crippen molar-refractivity contribution in [2.24, 2.45) is 0 Å². The van der Waals surface area contributed by atoms with E-state index in [1.165, 1.54) is 0 Å². The third kappa shape index (κ3) is 5.16. The minimum absolute atomic E-state index is 0.0683. The van der Waals surface area contributed by atoms with E-state index in [1.807, 2.05) is 0 Å². The largest absolute Gasteiger partial charge is 0.460 e. The van der Waals surface area contributed by atoms with Gasteiger partial charge in [0.1, 0.15) is 21.8 Å². The van der Waals surface area contributed by atoms with E-state index in [2.05, 4.69) is 0 Å². The minimum atomic E-state index is -3.52. The summed E-state index contributed by atoms with van der Waals surface area (Å²) in [6.07, 6.45) is 1.55. The number of esters is 1. The molecule has 2 aromatic carbocycles. The Hall–Kier alpha value is -2.05. The van der Waals surface area contributed by atoms with Gasteiger partial charge in [-0.15, -0.1) is 0 Å². The van der Waals surface area contributed by atoms with Crippen LogP contribution in [0.3, 0.4) is 0 Å². The molecule has 1 unspecified atom stereocenters. The minimum Gasteiger partial charge on any atom is -0.460 e. The quantitative estimate of drug-likeness (QED) is 0.550. The number of ether oxygens (including phenoxy) is 2. The first-order chi connectivity index (χ1) is 14.0. The van der Waals surface area contributed by atoms with Gasteiger partial charge in [0.25, 0.3) is 0 Å². The van der Waals surface area contributed by atoms with E-state index in [4.69, 9.17) is 21.1 Å². The number of hydrogen-bond acceptors (Lipinski definition) is 5. The standard InChI is InChI=1S/C23H27ClO5S/c1-22(2,3)29-21(25)16-23(14-4-5-15-30(23,26)27)17-6-10-19(11-7-17)28-20-12-8-18(24)9-13-20/h6-13H,4-5,14-16H2,1-3H3. The normalized spacial score (nSPS) is 21.1. The third-order valence-corrected chi connectivity index (χ3v) is 7.97. The molecule has 1 heterocycles. The Kier molecular flexibility index (Phi) is 6.48. The van der Waals surface area contributed by atoms with Crippen molar-refractivity contribution < 1.29 is 22.7 Å². The Bertz CT molecular complexity index is 991. The molecule has 1 aliphatic rings. The van der Waals surface area contributed by atoms with Crippen molar-refractivity contribution in [2.45, 2.75) is 56.8 Å². The number of hydrogen-bond donors (Lipinski definition) is 0. The summed E-state index contributed by atoms with van der Waals surface area (Å²) >= 11 is 5.89. The third-order valence-electron chi connectivity index (χ3n) is 5.12. The number of carbonyl (C=O) groups is 1. The van der Waals surface area contributed by atoms with E-state index in [1.54, 1.807) is 69.3 Å². The van der Waals surface area contributed by atoms with Gasteiger partial charge < -0.3 is 9.47 Å². The predicted octanol–water partition coefficient (Wildman–Crippen LogP) is 5.66. The van der Waals surface area contributed by atoms with Crippen LogP contribution in [0.4, 0.5) is 0 Å². The van der Waals surface area contributed by atoms with Gasteiger partial charge in [0.15, 0.2) is 9.84 Å². The Labute approximate surface area is 183 Å². The van der Waals surface area contributed by atoms with Crippen LogP contribution in [0.2, 0.25) is 5.02 Å². The lowest BCUT2D eigenvalue weighted by molar-refractivity contribution is -0.155. The molecule has 1 atom stereocenters. The summed E-state index contributed by atoms with van der Waals surface area (Å²) in [5.41, 5.74) is -0.0796. The zero-order valence-electron chi connectivity index (χ0n) is 17.5. The fourth-order valence-electron chi connectivity index (χ4n) is 3.75. The van der Waals surface area contributed by atoms with Gasteiger partial charge in [-0.05, 0) is 75.6 Å². The van der Waals surface area contributed by atoms with E-state index < -0.39 is 26.2 Å². The van der Waals surface area contributed by atoms with Crippen LogP contribution in [0.25, 0.3) is 0 Å². The van der Waals surface area contributed by atoms with E-state index in [9.17, 15) is 13.2 Å². The Morgan fingerprint density at radius 3 is 2.10 bits per heavy atom. The average Bonchev–Trinajstić information content (AvgIpc) is 2.64. The van der Waals surface area contributed by atoms with Crippen molar-refractivity contribution in [2.75, 3.05) is 5.75 Å². The van der Waals surface area contributed by atoms with Crippen LogP contribution in [0.5, 0.6) is 11.5 Å². The summed E-state index contributed by atoms with van der Waals surface area (Å²) in [5, 5.41) is 0.615. The van der Waals surface area contributed by atoms with Gasteiger partial charge in [-0.3, -0.25) is 4.79 Å². The maximum Gasteiger partial charge on any atom is 0.308 e. The summed E-state index contributed by atoms with van der Waals surface area (Å²) in [5.74, 6) is 0.760. The molecule has 0 aromatic heterocycles. The molecule has 0 bridgehead atoms. The van der Waals surface area contributed by atoms with Crippen LogP contribution in [0.1, 0.15) is 52.0 Å². The molecular weight excluding hydrogens is 424 g/mol. The van der Waals surface area contributed by atoms with Crippen molar-refractivity contribution in [1.29, 1.82) is 0 Å². The predicted molar refractivity (Wildman–Crippen MR) is 118 cm³/mol. The van der Waals surface area contributed by atoms with Crippen LogP contribution >= 0.6 is 11.6 Å². The Balaban J connectivity index is 1.90. The van der Waals surface area contributed by atoms with E-state index in [0.717, 1.165) is 6.42 Å². The van der Waals surface area contributed by atoms with Gasteiger partial charge in [-0.1, -0.05) is 30.2 Å². The van der Waals surface area contributed by atoms with Gasteiger partial charge in [-0.2, -0.15) is 0 Å². The zero-order chi connectivity index (χ0) is 22.0. The molecule has 162 valence electrons. The molecule has 0 spiro atoms. The van der Waals surface area contributed by atoms with E-state index in [0.29, 0.717) is 34.9 Å². The zero-order valence-corrected chi connectivity index (χ0v) is 19.1. The molecule has 30 heavy (non-hydrogen) atoms. The van der Waals surface area contributed by atoms with Gasteiger partial charge >= 0.3 is 5.97 Å². The smallest absolute Gasteiger partial charge is 0.308 e. The molecule has 1 aliphatic heterocycles. The Morgan fingerprint density at radius 1 is 1.00 bits per heavy atom. The molecule has 1 saturated heterocycles. The number of rotatable bonds is 5. The summed E-state index contributed by atoms with van der Waals surface area (Å²) < 4.78 is 36.3. The van der Waals surface area contributed by atoms with Crippen LogP contribution in [0, 0.1) is 0 Å². The van der Waals surface area contributed by atoms with Crippen LogP contribution in [0.15, 0.2) is 48.5 Å². The molecule has 1 fully saturated rings. The molecule has 0 amide bonds. The van der Waals surface area contributed by atoms with Gasteiger partial charge in [0, 0.05) is 5.02 Å². The molecule has 0 saturated carbocycles. The van der Waals surface area contributed by atoms with Crippen LogP contribution in [-0.2, 0) is 24.1 Å². The molecule has 5 nitrogen and oxygen atoms in total. The fourth-order valence-corrected chi connectivity index (χ4v) is 6.14. The highest BCUT2D eigenvalue weighted by Crippen LogP contribution is 2.44. The maximum atomic E-state index is 13.2. The van der Waals surface area contributed by atoms with Gasteiger partial charge in [0.05, 0.1) is 12.2 Å². The second-order valence-corrected chi connectivity index (χ2v) is 11.5. The lowest BCUT2D eigenvalue weighted by Crippen LogP contribution is -2.43. The molecule has 2 aromatic rings. The monoisotopic (exact) mass is 450 g/mol. The molecule has 0 N–H and O–H groups in total. The molecular formula is C23H27ClO5S. The first-order valence-electron chi connectivity index (χ1n) is 9.99. The van der Waals surface area contributed by atoms with Crippen molar-refractivity contribution in [3.63, 3.8) is 0 Å². The fraction of sp³-hybridized carbons (Fsp3) is 0.435. The highest BCUT2D eigenvalue weighted by atomic mass is 35.5. The van der Waals surface area contributed by atoms with Crippen LogP contribution < -0.4 is 4.74 Å². The number of carbonyl (C=O) groups excluding carboxylic acids is 1. The van der Waals surface area contributed by atoms with Gasteiger partial charge in [0.2, 0.25) is 0 Å². The topological polar surface area (TPSA) is 69.7 Å². The lowest BCUT2D eigenvalue weighted by Gasteiger charge is -2.37. The van der Waals surface area contributed by atoms with E-state index in [-0.39, 0.29) is 12.2 Å². The summed E-state index contributed by atoms with van der Waals surface area (Å²) in [6, 6.07) is 13.9. The Morgan fingerprint density at radius 2 is 1.57 bits per heavy atom. The van der Waals surface area contributed by atoms with Crippen molar-refractivity contribution in [3.8, 4) is 11.5 Å². The first kappa shape index (κ1) is 22.6. The molecule has 0 radical (unpaired) electrons. The lowest BCUT2D eigenvalue weighted by atomic mass is 9.89. The molecule has 0 aliphatic carbocycles. The number of benzene rings is 2. The highest BCUT2D eigenvalue weighted by molar-refractivity contribution is 7.92. The highest BCUT2D eigenvalue weighted by Gasteiger charge is 2.49. The number of sulfone groups is 1. The maximum absolute atomic E-state index is 13.2. The van der Waals surface area contributed by atoms with Crippen LogP contribution in [-0.4, -0.2) is 25.7 Å². The first-order valence-corrected chi connectivity index (χ1v) is 12.0. The van der Waals surface area contributed by atoms with E-state index >= 15 is 0 Å². The molecule has 3 rings (SSSR count). The second kappa shape index (κ2) is 8.60. The second-order valence-electron chi connectivity index (χ2n) is 8.61. The average molecular weight is 451 g/mol. The van der Waals surface area contributed by atoms with Crippen molar-refractivity contribution >= 4 is 27.4 Å². The summed E-state index contributed by atoms with van der Waals surface area (Å²) in [6.45, 7) is 5.32. The number of halogens is 1. The molecule has 7 heteroatoms. The van der Waals surface area contributed by atoms with Gasteiger partial charge in [-0.25, -0.2) is 8.42 Å². The van der Waals surface area contributed by atoms with Crippen molar-refractivity contribution in [3.05, 3.63) is 59.1 Å². The summed E-state index contributed by atoms with van der Waals surface area (Å²) in [4.78, 5) is 12.6. The van der Waals surface area contributed by atoms with Crippen molar-refractivity contribution in [1.82, 2.24) is 0 Å². The summed E-state index contributed by atoms with van der Waals surface area (Å²) in [7, 11) is -3.52. The SMILES string of the molecule is CC(C)(C)OC(=O)CC1(c2ccc(Oc3ccc(Cl)cc3)cc2)CCCCS1(=O)=O.